The number of amides is 1. The van der Waals surface area contributed by atoms with Gasteiger partial charge in [0.15, 0.2) is 0 Å². The number of rotatable bonds is 5. The number of aryl methyl sites for hydroxylation is 1. The first-order chi connectivity index (χ1) is 12.7. The Balaban J connectivity index is 1.38. The standard InChI is InChI=1S/C16H16N6O3S/c23-13(17-16-20-19-14(26-16)12-6-3-9-25-12)7-8-22-15(24)10-4-1-2-5-11(10)18-21-22/h1-2,4-5,12H,3,6-9H2,(H,17,20,23)/t12-/m0/s1. The Morgan fingerprint density at radius 2 is 2.19 bits per heavy atom. The molecule has 0 spiro atoms. The van der Waals surface area contributed by atoms with E-state index in [0.717, 1.165) is 24.5 Å². The Kier molecular flexibility index (Phi) is 4.67. The third-order valence-electron chi connectivity index (χ3n) is 4.07. The van der Waals surface area contributed by atoms with Gasteiger partial charge in [0.1, 0.15) is 16.6 Å². The maximum absolute atomic E-state index is 12.3. The summed E-state index contributed by atoms with van der Waals surface area (Å²) in [5.41, 5.74) is 0.272. The molecule has 0 saturated carbocycles. The topological polar surface area (TPSA) is 112 Å². The molecule has 3 aromatic rings. The van der Waals surface area contributed by atoms with E-state index in [-0.39, 0.29) is 30.5 Å². The van der Waals surface area contributed by atoms with Crippen LogP contribution in [-0.2, 0) is 16.1 Å². The van der Waals surface area contributed by atoms with E-state index in [1.807, 2.05) is 0 Å². The second kappa shape index (κ2) is 7.26. The van der Waals surface area contributed by atoms with Crippen LogP contribution in [0.5, 0.6) is 0 Å². The molecule has 1 aliphatic rings. The Morgan fingerprint density at radius 1 is 1.31 bits per heavy atom. The summed E-state index contributed by atoms with van der Waals surface area (Å²) in [6.07, 6.45) is 1.99. The van der Waals surface area contributed by atoms with Crippen molar-refractivity contribution in [2.45, 2.75) is 31.9 Å². The van der Waals surface area contributed by atoms with Crippen molar-refractivity contribution in [2.75, 3.05) is 11.9 Å². The molecule has 1 aromatic carbocycles. The molecular weight excluding hydrogens is 356 g/mol. The molecule has 9 nitrogen and oxygen atoms in total. The van der Waals surface area contributed by atoms with E-state index < -0.39 is 0 Å². The number of nitrogens with one attached hydrogen (secondary N) is 1. The molecule has 0 bridgehead atoms. The minimum absolute atomic E-state index is 0.0235. The molecule has 134 valence electrons. The van der Waals surface area contributed by atoms with Crippen LogP contribution in [0.25, 0.3) is 10.9 Å². The van der Waals surface area contributed by atoms with Gasteiger partial charge in [0.25, 0.3) is 5.56 Å². The fourth-order valence-corrected chi connectivity index (χ4v) is 3.59. The number of hydrogen-bond donors (Lipinski definition) is 1. The fourth-order valence-electron chi connectivity index (χ4n) is 2.75. The van der Waals surface area contributed by atoms with E-state index in [0.29, 0.717) is 16.0 Å². The van der Waals surface area contributed by atoms with Crippen LogP contribution in [0.3, 0.4) is 0 Å². The van der Waals surface area contributed by atoms with Crippen LogP contribution in [-0.4, -0.2) is 37.7 Å². The summed E-state index contributed by atoms with van der Waals surface area (Å²) >= 11 is 1.31. The van der Waals surface area contributed by atoms with Gasteiger partial charge in [-0.2, -0.15) is 0 Å². The van der Waals surface area contributed by atoms with E-state index in [9.17, 15) is 9.59 Å². The molecule has 1 aliphatic heterocycles. The zero-order valence-corrected chi connectivity index (χ0v) is 14.6. The third kappa shape index (κ3) is 3.46. The minimum atomic E-state index is -0.264. The maximum Gasteiger partial charge on any atom is 0.277 e. The predicted molar refractivity (Wildman–Crippen MR) is 94.9 cm³/mol. The van der Waals surface area contributed by atoms with Crippen molar-refractivity contribution < 1.29 is 9.53 Å². The van der Waals surface area contributed by atoms with E-state index in [1.54, 1.807) is 24.3 Å². The molecule has 1 saturated heterocycles. The summed E-state index contributed by atoms with van der Waals surface area (Å²) < 4.78 is 6.75. The van der Waals surface area contributed by atoms with Crippen molar-refractivity contribution in [1.82, 2.24) is 25.2 Å². The largest absolute Gasteiger partial charge is 0.371 e. The predicted octanol–water partition coefficient (Wildman–Crippen LogP) is 1.52. The highest BCUT2D eigenvalue weighted by molar-refractivity contribution is 7.15. The van der Waals surface area contributed by atoms with E-state index >= 15 is 0 Å². The average molecular weight is 372 g/mol. The molecule has 1 fully saturated rings. The number of anilines is 1. The summed E-state index contributed by atoms with van der Waals surface area (Å²) in [6.45, 7) is 0.868. The van der Waals surface area contributed by atoms with Gasteiger partial charge in [-0.15, -0.1) is 15.3 Å². The molecule has 1 amide bonds. The van der Waals surface area contributed by atoms with E-state index in [1.165, 1.54) is 16.0 Å². The van der Waals surface area contributed by atoms with Gasteiger partial charge in [-0.05, 0) is 25.0 Å². The third-order valence-corrected chi connectivity index (χ3v) is 5.00. The van der Waals surface area contributed by atoms with Gasteiger partial charge in [0.05, 0.1) is 11.9 Å². The van der Waals surface area contributed by atoms with Crippen molar-refractivity contribution >= 4 is 33.3 Å². The molecule has 26 heavy (non-hydrogen) atoms. The quantitative estimate of drug-likeness (QED) is 0.722. The lowest BCUT2D eigenvalue weighted by Crippen LogP contribution is -2.26. The van der Waals surface area contributed by atoms with Crippen LogP contribution >= 0.6 is 11.3 Å². The van der Waals surface area contributed by atoms with Crippen LogP contribution in [0.15, 0.2) is 29.1 Å². The van der Waals surface area contributed by atoms with Crippen LogP contribution in [0.4, 0.5) is 5.13 Å². The summed E-state index contributed by atoms with van der Waals surface area (Å²) in [7, 11) is 0. The van der Waals surface area contributed by atoms with Gasteiger partial charge in [-0.3, -0.25) is 9.59 Å². The van der Waals surface area contributed by atoms with Crippen LogP contribution < -0.4 is 10.9 Å². The summed E-state index contributed by atoms with van der Waals surface area (Å²) in [5, 5.41) is 20.3. The van der Waals surface area contributed by atoms with Gasteiger partial charge in [0, 0.05) is 13.0 Å². The van der Waals surface area contributed by atoms with Gasteiger partial charge in [-0.1, -0.05) is 28.7 Å². The molecular formula is C16H16N6O3S. The van der Waals surface area contributed by atoms with Crippen molar-refractivity contribution in [1.29, 1.82) is 0 Å². The number of carbonyl (C=O) groups excluding carboxylic acids is 1. The highest BCUT2D eigenvalue weighted by Crippen LogP contribution is 2.31. The fraction of sp³-hybridized carbons (Fsp3) is 0.375. The zero-order valence-electron chi connectivity index (χ0n) is 13.8. The normalized spacial score (nSPS) is 16.8. The van der Waals surface area contributed by atoms with Gasteiger partial charge in [-0.25, -0.2) is 4.68 Å². The molecule has 4 rings (SSSR count). The van der Waals surface area contributed by atoms with Crippen molar-refractivity contribution in [3.05, 3.63) is 39.6 Å². The molecule has 0 aliphatic carbocycles. The van der Waals surface area contributed by atoms with Gasteiger partial charge >= 0.3 is 0 Å². The smallest absolute Gasteiger partial charge is 0.277 e. The molecule has 0 radical (unpaired) electrons. The molecule has 10 heteroatoms. The van der Waals surface area contributed by atoms with Crippen LogP contribution in [0.2, 0.25) is 0 Å². The van der Waals surface area contributed by atoms with Gasteiger partial charge in [0.2, 0.25) is 11.0 Å². The molecule has 0 unspecified atom stereocenters. The highest BCUT2D eigenvalue weighted by Gasteiger charge is 2.22. The lowest BCUT2D eigenvalue weighted by molar-refractivity contribution is -0.116. The molecule has 1 atom stereocenters. The number of fused-ring (bicyclic) bond motifs is 1. The number of carbonyl (C=O) groups is 1. The number of hydrogen-bond acceptors (Lipinski definition) is 8. The molecule has 2 aromatic heterocycles. The maximum atomic E-state index is 12.3. The Labute approximate surface area is 152 Å². The Morgan fingerprint density at radius 3 is 3.04 bits per heavy atom. The summed E-state index contributed by atoms with van der Waals surface area (Å²) in [4.78, 5) is 24.5. The minimum Gasteiger partial charge on any atom is -0.371 e. The zero-order chi connectivity index (χ0) is 17.9. The SMILES string of the molecule is O=C(CCn1nnc2ccccc2c1=O)Nc1nnc([C@@H]2CCCO2)s1. The Bertz CT molecular complexity index is 995. The lowest BCUT2D eigenvalue weighted by Gasteiger charge is -2.05. The summed E-state index contributed by atoms with van der Waals surface area (Å²) in [5.74, 6) is -0.262. The number of ether oxygens (including phenoxy) is 1. The summed E-state index contributed by atoms with van der Waals surface area (Å²) in [6, 6.07) is 6.98. The Hall–Kier alpha value is -2.72. The molecule has 1 N–H and O–H groups in total. The number of nitrogens with zero attached hydrogens (tertiary/aromatic N) is 5. The van der Waals surface area contributed by atoms with E-state index in [2.05, 4.69) is 25.8 Å². The second-order valence-electron chi connectivity index (χ2n) is 5.88. The van der Waals surface area contributed by atoms with E-state index in [4.69, 9.17) is 4.74 Å². The number of aromatic nitrogens is 5. The van der Waals surface area contributed by atoms with Crippen molar-refractivity contribution in [2.24, 2.45) is 0 Å². The van der Waals surface area contributed by atoms with Crippen molar-refractivity contribution in [3.8, 4) is 0 Å². The second-order valence-corrected chi connectivity index (χ2v) is 6.89. The number of benzene rings is 1. The molecule has 3 heterocycles. The van der Waals surface area contributed by atoms with Crippen LogP contribution in [0, 0.1) is 0 Å². The van der Waals surface area contributed by atoms with Gasteiger partial charge < -0.3 is 10.1 Å². The lowest BCUT2D eigenvalue weighted by atomic mass is 10.2. The first-order valence-electron chi connectivity index (χ1n) is 8.28. The van der Waals surface area contributed by atoms with Crippen molar-refractivity contribution in [3.63, 3.8) is 0 Å². The highest BCUT2D eigenvalue weighted by atomic mass is 32.1. The first-order valence-corrected chi connectivity index (χ1v) is 9.10. The monoisotopic (exact) mass is 372 g/mol. The first kappa shape index (κ1) is 16.7. The average Bonchev–Trinajstić information content (AvgIpc) is 3.33. The van der Waals surface area contributed by atoms with Crippen LogP contribution in [0.1, 0.15) is 30.4 Å².